The molecule has 6 nitrogen and oxygen atoms in total. The van der Waals surface area contributed by atoms with Crippen LogP contribution >= 0.6 is 11.6 Å². The SMILES string of the molecule is CCOc1cc(/C=C/C(=O)NN2CC[NH+](C)CC2)cc(Cl)c1OC. The molecule has 0 radical (unpaired) electrons. The number of nitrogens with one attached hydrogen (secondary N) is 2. The number of nitrogens with zero attached hydrogens (tertiary/aromatic N) is 1. The number of hydrogen-bond acceptors (Lipinski definition) is 4. The van der Waals surface area contributed by atoms with Crippen molar-refractivity contribution in [3.05, 3.63) is 28.8 Å². The first-order valence-electron chi connectivity index (χ1n) is 8.08. The van der Waals surface area contributed by atoms with Gasteiger partial charge in [0.1, 0.15) is 0 Å². The summed E-state index contributed by atoms with van der Waals surface area (Å²) in [5.41, 5.74) is 3.67. The number of rotatable bonds is 6. The van der Waals surface area contributed by atoms with Crippen LogP contribution in [0.1, 0.15) is 12.5 Å². The second-order valence-corrected chi connectivity index (χ2v) is 6.13. The Hall–Kier alpha value is -1.76. The Kier molecular flexibility index (Phi) is 6.90. The molecule has 0 aliphatic carbocycles. The van der Waals surface area contributed by atoms with Crippen LogP contribution < -0.4 is 19.8 Å². The number of amides is 1. The Morgan fingerprint density at radius 1 is 1.42 bits per heavy atom. The normalized spacial score (nSPS) is 16.3. The topological polar surface area (TPSA) is 55.2 Å². The van der Waals surface area contributed by atoms with Crippen molar-refractivity contribution in [2.45, 2.75) is 6.92 Å². The van der Waals surface area contributed by atoms with Gasteiger partial charge in [-0.05, 0) is 30.7 Å². The first-order valence-corrected chi connectivity index (χ1v) is 8.46. The van der Waals surface area contributed by atoms with Crippen molar-refractivity contribution in [3.63, 3.8) is 0 Å². The molecule has 0 saturated carbocycles. The van der Waals surface area contributed by atoms with Gasteiger partial charge in [-0.25, -0.2) is 5.01 Å². The first-order chi connectivity index (χ1) is 11.5. The predicted molar refractivity (Wildman–Crippen MR) is 94.5 cm³/mol. The van der Waals surface area contributed by atoms with Gasteiger partial charge in [-0.2, -0.15) is 0 Å². The molecule has 0 unspecified atom stereocenters. The van der Waals surface area contributed by atoms with Gasteiger partial charge in [0.25, 0.3) is 5.91 Å². The van der Waals surface area contributed by atoms with Gasteiger partial charge in [-0.15, -0.1) is 0 Å². The van der Waals surface area contributed by atoms with E-state index in [0.29, 0.717) is 23.1 Å². The fraction of sp³-hybridized carbons (Fsp3) is 0.471. The van der Waals surface area contributed by atoms with Crippen molar-refractivity contribution >= 4 is 23.6 Å². The number of halogens is 1. The van der Waals surface area contributed by atoms with E-state index < -0.39 is 0 Å². The summed E-state index contributed by atoms with van der Waals surface area (Å²) in [6.45, 7) is 6.15. The Balaban J connectivity index is 2.01. The molecule has 1 heterocycles. The molecule has 7 heteroatoms. The highest BCUT2D eigenvalue weighted by Gasteiger charge is 2.17. The molecule has 1 fully saturated rings. The van der Waals surface area contributed by atoms with E-state index in [-0.39, 0.29) is 5.91 Å². The van der Waals surface area contributed by atoms with Gasteiger partial charge in [0.05, 0.1) is 52.0 Å². The average Bonchev–Trinajstić information content (AvgIpc) is 2.55. The number of methoxy groups -OCH3 is 1. The smallest absolute Gasteiger partial charge is 0.258 e. The van der Waals surface area contributed by atoms with Crippen molar-refractivity contribution in [2.75, 3.05) is 46.9 Å². The molecule has 0 bridgehead atoms. The average molecular weight is 355 g/mol. The zero-order valence-corrected chi connectivity index (χ0v) is 15.2. The first kappa shape index (κ1) is 18.6. The molecule has 1 aromatic rings. The van der Waals surface area contributed by atoms with Crippen LogP contribution in [0.3, 0.4) is 0 Å². The molecule has 24 heavy (non-hydrogen) atoms. The number of carbonyl (C=O) groups is 1. The Labute approximate surface area is 147 Å². The summed E-state index contributed by atoms with van der Waals surface area (Å²) in [4.78, 5) is 13.5. The fourth-order valence-electron chi connectivity index (χ4n) is 2.51. The molecule has 1 aliphatic heterocycles. The molecule has 1 aliphatic rings. The second kappa shape index (κ2) is 8.92. The van der Waals surface area contributed by atoms with Gasteiger partial charge in [-0.1, -0.05) is 11.6 Å². The highest BCUT2D eigenvalue weighted by Crippen LogP contribution is 2.36. The van der Waals surface area contributed by atoms with Crippen LogP contribution in [0.15, 0.2) is 18.2 Å². The summed E-state index contributed by atoms with van der Waals surface area (Å²) in [5, 5.41) is 2.40. The highest BCUT2D eigenvalue weighted by atomic mass is 35.5. The van der Waals surface area contributed by atoms with Gasteiger partial charge >= 0.3 is 0 Å². The number of ether oxygens (including phenoxy) is 2. The summed E-state index contributed by atoms with van der Waals surface area (Å²) in [7, 11) is 3.70. The van der Waals surface area contributed by atoms with Crippen LogP contribution in [-0.4, -0.2) is 57.9 Å². The third-order valence-corrected chi connectivity index (χ3v) is 4.13. The van der Waals surface area contributed by atoms with Crippen LogP contribution in [0, 0.1) is 0 Å². The van der Waals surface area contributed by atoms with Gasteiger partial charge in [-0.3, -0.25) is 10.2 Å². The lowest BCUT2D eigenvalue weighted by Gasteiger charge is -2.29. The van der Waals surface area contributed by atoms with Crippen LogP contribution in [0.25, 0.3) is 6.08 Å². The molecular formula is C17H25ClN3O3+. The van der Waals surface area contributed by atoms with Gasteiger partial charge in [0, 0.05) is 6.08 Å². The maximum absolute atomic E-state index is 12.0. The van der Waals surface area contributed by atoms with Gasteiger partial charge in [0.15, 0.2) is 11.5 Å². The molecule has 0 atom stereocenters. The maximum atomic E-state index is 12.0. The summed E-state index contributed by atoms with van der Waals surface area (Å²) in [6.07, 6.45) is 3.21. The van der Waals surface area contributed by atoms with E-state index in [2.05, 4.69) is 12.5 Å². The lowest BCUT2D eigenvalue weighted by atomic mass is 10.2. The Morgan fingerprint density at radius 2 is 2.12 bits per heavy atom. The predicted octanol–water partition coefficient (Wildman–Crippen LogP) is 0.622. The molecule has 1 saturated heterocycles. The standard InChI is InChI=1S/C17H24ClN3O3/c1-4-24-15-12-13(11-14(18)17(15)23-3)5-6-16(22)19-21-9-7-20(2)8-10-21/h5-6,11-12H,4,7-10H2,1-3H3,(H,19,22)/p+1/b6-5+. The minimum atomic E-state index is -0.153. The fourth-order valence-corrected chi connectivity index (χ4v) is 2.81. The van der Waals surface area contributed by atoms with Gasteiger partial charge < -0.3 is 14.4 Å². The molecule has 2 rings (SSSR count). The molecule has 2 N–H and O–H groups in total. The third kappa shape index (κ3) is 5.12. The molecule has 0 aromatic heterocycles. The molecule has 132 valence electrons. The lowest BCUT2D eigenvalue weighted by molar-refractivity contribution is -0.884. The van der Waals surface area contributed by atoms with E-state index >= 15 is 0 Å². The molecule has 1 amide bonds. The number of quaternary nitrogens is 1. The van der Waals surface area contributed by atoms with Crippen LogP contribution in [0.4, 0.5) is 0 Å². The minimum absolute atomic E-state index is 0.153. The molecular weight excluding hydrogens is 330 g/mol. The van der Waals surface area contributed by atoms with E-state index in [0.717, 1.165) is 31.7 Å². The van der Waals surface area contributed by atoms with Gasteiger partial charge in [0.2, 0.25) is 0 Å². The van der Waals surface area contributed by atoms with Crippen molar-refractivity contribution in [1.82, 2.24) is 10.4 Å². The summed E-state index contributed by atoms with van der Waals surface area (Å²) in [6, 6.07) is 3.54. The maximum Gasteiger partial charge on any atom is 0.258 e. The third-order valence-electron chi connectivity index (χ3n) is 3.85. The zero-order valence-electron chi connectivity index (χ0n) is 14.4. The minimum Gasteiger partial charge on any atom is -0.491 e. The second-order valence-electron chi connectivity index (χ2n) is 5.72. The van der Waals surface area contributed by atoms with Crippen molar-refractivity contribution in [2.24, 2.45) is 0 Å². The van der Waals surface area contributed by atoms with E-state index in [1.54, 1.807) is 25.3 Å². The quantitative estimate of drug-likeness (QED) is 0.735. The number of likely N-dealkylation sites (N-methyl/N-ethyl adjacent to an activating group) is 1. The van der Waals surface area contributed by atoms with Crippen LogP contribution in [0.2, 0.25) is 5.02 Å². The number of piperazine rings is 1. The van der Waals surface area contributed by atoms with E-state index in [9.17, 15) is 4.79 Å². The van der Waals surface area contributed by atoms with Crippen molar-refractivity contribution in [3.8, 4) is 11.5 Å². The largest absolute Gasteiger partial charge is 0.491 e. The highest BCUT2D eigenvalue weighted by molar-refractivity contribution is 6.32. The van der Waals surface area contributed by atoms with Crippen molar-refractivity contribution < 1.29 is 19.2 Å². The van der Waals surface area contributed by atoms with E-state index in [1.165, 1.54) is 11.0 Å². The summed E-state index contributed by atoms with van der Waals surface area (Å²) >= 11 is 6.21. The van der Waals surface area contributed by atoms with Crippen LogP contribution in [-0.2, 0) is 4.79 Å². The monoisotopic (exact) mass is 354 g/mol. The number of hydrogen-bond donors (Lipinski definition) is 2. The van der Waals surface area contributed by atoms with Crippen LogP contribution in [0.5, 0.6) is 11.5 Å². The number of benzene rings is 1. The lowest BCUT2D eigenvalue weighted by Crippen LogP contribution is -3.12. The molecule has 1 aromatic carbocycles. The van der Waals surface area contributed by atoms with Crippen molar-refractivity contribution in [1.29, 1.82) is 0 Å². The summed E-state index contributed by atoms with van der Waals surface area (Å²) < 4.78 is 10.8. The summed E-state index contributed by atoms with van der Waals surface area (Å²) in [5.74, 6) is 0.911. The van der Waals surface area contributed by atoms with E-state index in [1.807, 2.05) is 11.9 Å². The zero-order chi connectivity index (χ0) is 17.5. The number of carbonyl (C=O) groups excluding carboxylic acids is 1. The Morgan fingerprint density at radius 3 is 2.75 bits per heavy atom. The number of hydrazine groups is 1. The Bertz CT molecular complexity index is 599. The van der Waals surface area contributed by atoms with E-state index in [4.69, 9.17) is 21.1 Å². The molecule has 0 spiro atoms.